The van der Waals surface area contributed by atoms with Gasteiger partial charge in [0, 0.05) is 25.8 Å². The SMILES string of the molecule is CC(C)Oc1ccc(-n2nccc2CN(C)CCN)cc1. The molecule has 0 fully saturated rings. The third-order valence-electron chi connectivity index (χ3n) is 3.12. The van der Waals surface area contributed by atoms with Gasteiger partial charge in [0.2, 0.25) is 0 Å². The van der Waals surface area contributed by atoms with Crippen molar-refractivity contribution in [1.29, 1.82) is 0 Å². The van der Waals surface area contributed by atoms with E-state index < -0.39 is 0 Å². The second-order valence-corrected chi connectivity index (χ2v) is 5.42. The summed E-state index contributed by atoms with van der Waals surface area (Å²) in [6.45, 7) is 6.39. The lowest BCUT2D eigenvalue weighted by atomic mass is 10.3. The van der Waals surface area contributed by atoms with Crippen LogP contribution in [-0.2, 0) is 6.54 Å². The molecule has 2 N–H and O–H groups in total. The minimum atomic E-state index is 0.182. The van der Waals surface area contributed by atoms with Crippen molar-refractivity contribution in [1.82, 2.24) is 14.7 Å². The van der Waals surface area contributed by atoms with Crippen molar-refractivity contribution in [2.45, 2.75) is 26.5 Å². The molecule has 0 unspecified atom stereocenters. The van der Waals surface area contributed by atoms with Crippen LogP contribution in [0.3, 0.4) is 0 Å². The Morgan fingerprint density at radius 1 is 1.24 bits per heavy atom. The molecular formula is C16H24N4O. The molecule has 0 aliphatic heterocycles. The summed E-state index contributed by atoms with van der Waals surface area (Å²) in [6, 6.07) is 10.0. The van der Waals surface area contributed by atoms with Gasteiger partial charge in [0.25, 0.3) is 0 Å². The Morgan fingerprint density at radius 2 is 1.95 bits per heavy atom. The highest BCUT2D eigenvalue weighted by Gasteiger charge is 2.08. The van der Waals surface area contributed by atoms with E-state index in [4.69, 9.17) is 10.5 Å². The minimum absolute atomic E-state index is 0.182. The highest BCUT2D eigenvalue weighted by Crippen LogP contribution is 2.18. The predicted molar refractivity (Wildman–Crippen MR) is 84.7 cm³/mol. The lowest BCUT2D eigenvalue weighted by molar-refractivity contribution is 0.242. The van der Waals surface area contributed by atoms with Crippen LogP contribution >= 0.6 is 0 Å². The van der Waals surface area contributed by atoms with Crippen molar-refractivity contribution in [2.24, 2.45) is 5.73 Å². The number of rotatable bonds is 7. The maximum atomic E-state index is 5.66. The molecule has 0 aliphatic rings. The van der Waals surface area contributed by atoms with E-state index in [9.17, 15) is 0 Å². The summed E-state index contributed by atoms with van der Waals surface area (Å²) in [4.78, 5) is 2.18. The van der Waals surface area contributed by atoms with Crippen LogP contribution in [0.5, 0.6) is 5.75 Å². The molecule has 1 aromatic carbocycles. The lowest BCUT2D eigenvalue weighted by Crippen LogP contribution is -2.26. The van der Waals surface area contributed by atoms with Gasteiger partial charge in [-0.25, -0.2) is 4.68 Å². The average Bonchev–Trinajstić information content (AvgIpc) is 2.87. The molecule has 21 heavy (non-hydrogen) atoms. The van der Waals surface area contributed by atoms with E-state index in [-0.39, 0.29) is 6.10 Å². The first-order valence-electron chi connectivity index (χ1n) is 7.28. The normalized spacial score (nSPS) is 11.3. The zero-order valence-electron chi connectivity index (χ0n) is 13.0. The Bertz CT molecular complexity index is 548. The maximum absolute atomic E-state index is 5.66. The Morgan fingerprint density at radius 3 is 2.57 bits per heavy atom. The lowest BCUT2D eigenvalue weighted by Gasteiger charge is -2.16. The quantitative estimate of drug-likeness (QED) is 0.847. The Kier molecular flexibility index (Phi) is 5.36. The number of nitrogens with zero attached hydrogens (tertiary/aromatic N) is 3. The van der Waals surface area contributed by atoms with E-state index in [1.165, 1.54) is 0 Å². The molecule has 0 saturated carbocycles. The van der Waals surface area contributed by atoms with Crippen LogP contribution in [0.15, 0.2) is 36.5 Å². The Balaban J connectivity index is 2.13. The molecule has 0 spiro atoms. The number of hydrogen-bond acceptors (Lipinski definition) is 4. The monoisotopic (exact) mass is 288 g/mol. The second kappa shape index (κ2) is 7.24. The van der Waals surface area contributed by atoms with E-state index in [0.29, 0.717) is 6.54 Å². The van der Waals surface area contributed by atoms with Gasteiger partial charge in [-0.1, -0.05) is 0 Å². The van der Waals surface area contributed by atoms with Gasteiger partial charge >= 0.3 is 0 Å². The highest BCUT2D eigenvalue weighted by atomic mass is 16.5. The Hall–Kier alpha value is -1.85. The fourth-order valence-corrected chi connectivity index (χ4v) is 2.20. The number of aromatic nitrogens is 2. The molecule has 0 amide bonds. The number of hydrogen-bond donors (Lipinski definition) is 1. The zero-order chi connectivity index (χ0) is 15.2. The first-order chi connectivity index (χ1) is 10.1. The van der Waals surface area contributed by atoms with Crippen LogP contribution in [0.1, 0.15) is 19.5 Å². The maximum Gasteiger partial charge on any atom is 0.119 e. The van der Waals surface area contributed by atoms with Gasteiger partial charge in [-0.05, 0) is 51.2 Å². The number of benzene rings is 1. The van der Waals surface area contributed by atoms with Crippen molar-refractivity contribution < 1.29 is 4.74 Å². The Labute approximate surface area is 126 Å². The number of nitrogens with two attached hydrogens (primary N) is 1. The first kappa shape index (κ1) is 15.5. The van der Waals surface area contributed by atoms with Crippen molar-refractivity contribution in [3.63, 3.8) is 0 Å². The van der Waals surface area contributed by atoms with Gasteiger partial charge in [0.1, 0.15) is 5.75 Å². The molecule has 0 aliphatic carbocycles. The third-order valence-corrected chi connectivity index (χ3v) is 3.12. The van der Waals surface area contributed by atoms with E-state index in [2.05, 4.69) is 17.0 Å². The summed E-state index contributed by atoms with van der Waals surface area (Å²) in [6.07, 6.45) is 2.01. The molecular weight excluding hydrogens is 264 g/mol. The van der Waals surface area contributed by atoms with Gasteiger partial charge < -0.3 is 10.5 Å². The van der Waals surface area contributed by atoms with Crippen LogP contribution in [0.25, 0.3) is 5.69 Å². The first-order valence-corrected chi connectivity index (χ1v) is 7.28. The van der Waals surface area contributed by atoms with Crippen molar-refractivity contribution in [3.05, 3.63) is 42.2 Å². The summed E-state index contributed by atoms with van der Waals surface area (Å²) >= 11 is 0. The fourth-order valence-electron chi connectivity index (χ4n) is 2.20. The molecule has 0 radical (unpaired) electrons. The molecule has 0 bridgehead atoms. The van der Waals surface area contributed by atoms with E-state index in [0.717, 1.165) is 30.2 Å². The van der Waals surface area contributed by atoms with Crippen molar-refractivity contribution in [3.8, 4) is 11.4 Å². The van der Waals surface area contributed by atoms with Gasteiger partial charge in [0.15, 0.2) is 0 Å². The van der Waals surface area contributed by atoms with Crippen LogP contribution < -0.4 is 10.5 Å². The molecule has 0 atom stereocenters. The summed E-state index contributed by atoms with van der Waals surface area (Å²) < 4.78 is 7.61. The minimum Gasteiger partial charge on any atom is -0.491 e. The van der Waals surface area contributed by atoms with Crippen molar-refractivity contribution >= 4 is 0 Å². The van der Waals surface area contributed by atoms with Crippen molar-refractivity contribution in [2.75, 3.05) is 20.1 Å². The molecule has 5 nitrogen and oxygen atoms in total. The highest BCUT2D eigenvalue weighted by molar-refractivity contribution is 5.38. The molecule has 2 rings (SSSR count). The molecule has 0 saturated heterocycles. The molecule has 114 valence electrons. The fraction of sp³-hybridized carbons (Fsp3) is 0.438. The topological polar surface area (TPSA) is 56.3 Å². The largest absolute Gasteiger partial charge is 0.491 e. The van der Waals surface area contributed by atoms with Crippen LogP contribution in [0, 0.1) is 0 Å². The zero-order valence-corrected chi connectivity index (χ0v) is 13.0. The van der Waals surface area contributed by atoms with Gasteiger partial charge in [-0.15, -0.1) is 0 Å². The second-order valence-electron chi connectivity index (χ2n) is 5.42. The van der Waals surface area contributed by atoms with Crippen LogP contribution in [0.2, 0.25) is 0 Å². The van der Waals surface area contributed by atoms with Crippen LogP contribution in [0.4, 0.5) is 0 Å². The van der Waals surface area contributed by atoms with E-state index >= 15 is 0 Å². The van der Waals surface area contributed by atoms with E-state index in [1.807, 2.05) is 55.1 Å². The number of likely N-dealkylation sites (N-methyl/N-ethyl adjacent to an activating group) is 1. The van der Waals surface area contributed by atoms with Gasteiger partial charge in [-0.2, -0.15) is 5.10 Å². The summed E-state index contributed by atoms with van der Waals surface area (Å²) in [5.74, 6) is 0.878. The van der Waals surface area contributed by atoms with Gasteiger partial charge in [0.05, 0.1) is 17.5 Å². The number of ether oxygens (including phenoxy) is 1. The summed E-state index contributed by atoms with van der Waals surface area (Å²) in [7, 11) is 2.06. The summed E-state index contributed by atoms with van der Waals surface area (Å²) in [5, 5.41) is 4.41. The predicted octanol–water partition coefficient (Wildman–Crippen LogP) is 2.05. The van der Waals surface area contributed by atoms with E-state index in [1.54, 1.807) is 0 Å². The van der Waals surface area contributed by atoms with Gasteiger partial charge in [-0.3, -0.25) is 4.90 Å². The molecule has 1 aromatic heterocycles. The standard InChI is InChI=1S/C16H24N4O/c1-13(2)21-16-6-4-14(5-7-16)20-15(8-10-18-20)12-19(3)11-9-17/h4-8,10,13H,9,11-12,17H2,1-3H3. The van der Waals surface area contributed by atoms with Crippen LogP contribution in [-0.4, -0.2) is 40.9 Å². The smallest absolute Gasteiger partial charge is 0.119 e. The average molecular weight is 288 g/mol. The molecule has 1 heterocycles. The summed E-state index contributed by atoms with van der Waals surface area (Å²) in [5.41, 5.74) is 7.76. The third kappa shape index (κ3) is 4.31. The molecule has 2 aromatic rings. The molecule has 5 heteroatoms.